The zero-order valence-corrected chi connectivity index (χ0v) is 10.2. The maximum Gasteiger partial charge on any atom is 0.340 e. The number of carbonyl (C=O) groups excluding carboxylic acids is 1. The van der Waals surface area contributed by atoms with Gasteiger partial charge in [-0.15, -0.1) is 0 Å². The number of methoxy groups -OCH3 is 1. The van der Waals surface area contributed by atoms with Gasteiger partial charge in [0, 0.05) is 11.8 Å². The van der Waals surface area contributed by atoms with E-state index in [-0.39, 0.29) is 5.97 Å². The van der Waals surface area contributed by atoms with E-state index in [1.807, 2.05) is 30.3 Å². The summed E-state index contributed by atoms with van der Waals surface area (Å²) in [7, 11) is 1.37. The monoisotopic (exact) mass is 279 g/mol. The highest BCUT2D eigenvalue weighted by molar-refractivity contribution is 9.10. The highest BCUT2D eigenvalue weighted by atomic mass is 79.9. The van der Waals surface area contributed by atoms with Crippen LogP contribution >= 0.6 is 15.9 Å². The molecule has 0 aliphatic heterocycles. The van der Waals surface area contributed by atoms with Crippen LogP contribution in [0.4, 0.5) is 0 Å². The summed E-state index contributed by atoms with van der Waals surface area (Å²) in [6.45, 7) is 0. The zero-order chi connectivity index (χ0) is 11.5. The fraction of sp³-hybridized carbons (Fsp3) is 0.0833. The predicted octanol–water partition coefficient (Wildman–Crippen LogP) is 3.23. The molecule has 1 aromatic carbocycles. The molecular formula is C12H10BrNO2. The molecule has 82 valence electrons. The standard InChI is InChI=1S/C12H10BrNO2/c1-16-12(15)9-7-14-11(13)10(9)8-5-3-2-4-6-8/h2-7,14H,1H3. The lowest BCUT2D eigenvalue weighted by Gasteiger charge is -2.03. The van der Waals surface area contributed by atoms with Crippen molar-refractivity contribution in [3.05, 3.63) is 46.7 Å². The minimum atomic E-state index is -0.346. The molecule has 0 aliphatic rings. The van der Waals surface area contributed by atoms with E-state index in [0.29, 0.717) is 5.56 Å². The van der Waals surface area contributed by atoms with Gasteiger partial charge in [-0.3, -0.25) is 0 Å². The number of esters is 1. The van der Waals surface area contributed by atoms with Crippen molar-refractivity contribution >= 4 is 21.9 Å². The topological polar surface area (TPSA) is 42.1 Å². The Morgan fingerprint density at radius 3 is 2.62 bits per heavy atom. The molecule has 3 nitrogen and oxygen atoms in total. The van der Waals surface area contributed by atoms with Crippen LogP contribution in [-0.4, -0.2) is 18.1 Å². The highest BCUT2D eigenvalue weighted by Crippen LogP contribution is 2.31. The Kier molecular flexibility index (Phi) is 3.10. The lowest BCUT2D eigenvalue weighted by Crippen LogP contribution is -2.01. The van der Waals surface area contributed by atoms with Gasteiger partial charge in [0.05, 0.1) is 17.3 Å². The first kappa shape index (κ1) is 11.0. The van der Waals surface area contributed by atoms with Crippen LogP contribution in [0.25, 0.3) is 11.1 Å². The molecule has 2 aromatic rings. The van der Waals surface area contributed by atoms with E-state index in [1.165, 1.54) is 7.11 Å². The number of carbonyl (C=O) groups is 1. The fourth-order valence-electron chi connectivity index (χ4n) is 1.56. The number of hydrogen-bond acceptors (Lipinski definition) is 2. The average molecular weight is 280 g/mol. The van der Waals surface area contributed by atoms with Crippen molar-refractivity contribution in [3.63, 3.8) is 0 Å². The third kappa shape index (κ3) is 1.88. The second-order valence-electron chi connectivity index (χ2n) is 3.25. The smallest absolute Gasteiger partial charge is 0.340 e. The van der Waals surface area contributed by atoms with Crippen molar-refractivity contribution in [1.82, 2.24) is 4.98 Å². The van der Waals surface area contributed by atoms with Gasteiger partial charge in [-0.1, -0.05) is 30.3 Å². The van der Waals surface area contributed by atoms with Crippen molar-refractivity contribution in [1.29, 1.82) is 0 Å². The molecule has 0 atom stereocenters. The normalized spacial score (nSPS) is 10.1. The van der Waals surface area contributed by atoms with Crippen molar-refractivity contribution in [2.45, 2.75) is 0 Å². The lowest BCUT2D eigenvalue weighted by atomic mass is 10.1. The van der Waals surface area contributed by atoms with Gasteiger partial charge < -0.3 is 9.72 Å². The number of benzene rings is 1. The van der Waals surface area contributed by atoms with Gasteiger partial charge in [0.1, 0.15) is 0 Å². The molecule has 0 spiro atoms. The summed E-state index contributed by atoms with van der Waals surface area (Å²) < 4.78 is 5.51. The summed E-state index contributed by atoms with van der Waals surface area (Å²) in [4.78, 5) is 14.5. The molecule has 0 radical (unpaired) electrons. The first-order valence-corrected chi connectivity index (χ1v) is 5.54. The SMILES string of the molecule is COC(=O)c1c[nH]c(Br)c1-c1ccccc1. The molecule has 1 aromatic heterocycles. The van der Waals surface area contributed by atoms with Gasteiger partial charge in [-0.05, 0) is 21.5 Å². The van der Waals surface area contributed by atoms with Gasteiger partial charge in [0.25, 0.3) is 0 Å². The van der Waals surface area contributed by atoms with E-state index >= 15 is 0 Å². The van der Waals surface area contributed by atoms with Gasteiger partial charge >= 0.3 is 5.97 Å². The van der Waals surface area contributed by atoms with Crippen molar-refractivity contribution in [2.24, 2.45) is 0 Å². The number of halogens is 1. The Morgan fingerprint density at radius 2 is 2.00 bits per heavy atom. The van der Waals surface area contributed by atoms with Crippen molar-refractivity contribution in [2.75, 3.05) is 7.11 Å². The number of rotatable bonds is 2. The second-order valence-corrected chi connectivity index (χ2v) is 4.04. The third-order valence-corrected chi connectivity index (χ3v) is 2.93. The van der Waals surface area contributed by atoms with E-state index in [4.69, 9.17) is 4.74 Å². The maximum absolute atomic E-state index is 11.6. The summed E-state index contributed by atoms with van der Waals surface area (Å²) in [5.41, 5.74) is 2.32. The molecule has 0 aliphatic carbocycles. The Bertz CT molecular complexity index is 505. The third-order valence-electron chi connectivity index (χ3n) is 2.30. The van der Waals surface area contributed by atoms with E-state index in [9.17, 15) is 4.79 Å². The number of ether oxygens (including phenoxy) is 1. The fourth-order valence-corrected chi connectivity index (χ4v) is 2.11. The van der Waals surface area contributed by atoms with Gasteiger partial charge in [-0.2, -0.15) is 0 Å². The molecule has 16 heavy (non-hydrogen) atoms. The summed E-state index contributed by atoms with van der Waals surface area (Å²) in [5, 5.41) is 0. The second kappa shape index (κ2) is 4.53. The zero-order valence-electron chi connectivity index (χ0n) is 8.66. The molecule has 0 amide bonds. The van der Waals surface area contributed by atoms with E-state index in [2.05, 4.69) is 20.9 Å². The Labute approximate surface area is 102 Å². The molecule has 0 bridgehead atoms. The van der Waals surface area contributed by atoms with Crippen LogP contribution in [0.3, 0.4) is 0 Å². The van der Waals surface area contributed by atoms with E-state index in [0.717, 1.165) is 15.7 Å². The Balaban J connectivity index is 2.56. The van der Waals surface area contributed by atoms with Crippen LogP contribution in [0.5, 0.6) is 0 Å². The Morgan fingerprint density at radius 1 is 1.31 bits per heavy atom. The number of nitrogens with one attached hydrogen (secondary N) is 1. The van der Waals surface area contributed by atoms with E-state index < -0.39 is 0 Å². The molecule has 1 heterocycles. The summed E-state index contributed by atoms with van der Waals surface area (Å²) in [6.07, 6.45) is 1.64. The predicted molar refractivity (Wildman–Crippen MR) is 65.3 cm³/mol. The van der Waals surface area contributed by atoms with Gasteiger partial charge in [0.15, 0.2) is 0 Å². The van der Waals surface area contributed by atoms with Crippen molar-refractivity contribution < 1.29 is 9.53 Å². The number of hydrogen-bond donors (Lipinski definition) is 1. The minimum Gasteiger partial charge on any atom is -0.465 e. The van der Waals surface area contributed by atoms with Crippen LogP contribution in [0, 0.1) is 0 Å². The van der Waals surface area contributed by atoms with Gasteiger partial charge in [-0.25, -0.2) is 4.79 Å². The quantitative estimate of drug-likeness (QED) is 0.858. The van der Waals surface area contributed by atoms with E-state index in [1.54, 1.807) is 6.20 Å². The van der Waals surface area contributed by atoms with Crippen LogP contribution in [-0.2, 0) is 4.74 Å². The molecule has 0 fully saturated rings. The van der Waals surface area contributed by atoms with Crippen LogP contribution < -0.4 is 0 Å². The largest absolute Gasteiger partial charge is 0.465 e. The van der Waals surface area contributed by atoms with Gasteiger partial charge in [0.2, 0.25) is 0 Å². The summed E-state index contributed by atoms with van der Waals surface area (Å²) >= 11 is 3.39. The molecule has 4 heteroatoms. The first-order chi connectivity index (χ1) is 7.74. The average Bonchev–Trinajstić information content (AvgIpc) is 2.71. The maximum atomic E-state index is 11.6. The lowest BCUT2D eigenvalue weighted by molar-refractivity contribution is 0.0602. The highest BCUT2D eigenvalue weighted by Gasteiger charge is 2.17. The molecule has 0 saturated heterocycles. The summed E-state index contributed by atoms with van der Waals surface area (Å²) in [5.74, 6) is -0.346. The summed E-state index contributed by atoms with van der Waals surface area (Å²) in [6, 6.07) is 9.67. The number of H-pyrrole nitrogens is 1. The van der Waals surface area contributed by atoms with Crippen molar-refractivity contribution in [3.8, 4) is 11.1 Å². The molecule has 2 rings (SSSR count). The molecular weight excluding hydrogens is 270 g/mol. The van der Waals surface area contributed by atoms with Crippen LogP contribution in [0.2, 0.25) is 0 Å². The van der Waals surface area contributed by atoms with Crippen LogP contribution in [0.1, 0.15) is 10.4 Å². The molecule has 0 unspecified atom stereocenters. The molecule has 0 saturated carbocycles. The number of aromatic amines is 1. The minimum absolute atomic E-state index is 0.346. The number of aromatic nitrogens is 1. The van der Waals surface area contributed by atoms with Crippen LogP contribution in [0.15, 0.2) is 41.1 Å². The molecule has 1 N–H and O–H groups in total. The first-order valence-electron chi connectivity index (χ1n) is 4.74. The Hall–Kier alpha value is -1.55.